The van der Waals surface area contributed by atoms with E-state index in [0.717, 1.165) is 10.2 Å². The van der Waals surface area contributed by atoms with Gasteiger partial charge >= 0.3 is 0 Å². The SMILES string of the molecule is COc1ccc2c(c1)[nH]c(=S)n2N=O. The minimum atomic E-state index is 0.281. The molecule has 0 aliphatic heterocycles. The normalized spacial score (nSPS) is 10.4. The van der Waals surface area contributed by atoms with Crippen LogP contribution in [0.2, 0.25) is 0 Å². The van der Waals surface area contributed by atoms with E-state index in [4.69, 9.17) is 17.0 Å². The molecule has 0 saturated heterocycles. The minimum absolute atomic E-state index is 0.281. The average Bonchev–Trinajstić information content (AvgIpc) is 2.51. The van der Waals surface area contributed by atoms with E-state index in [1.54, 1.807) is 25.3 Å². The van der Waals surface area contributed by atoms with E-state index in [1.807, 2.05) is 0 Å². The average molecular weight is 209 g/mol. The number of ether oxygens (including phenoxy) is 1. The molecular weight excluding hydrogens is 202 g/mol. The van der Waals surface area contributed by atoms with Crippen molar-refractivity contribution in [2.24, 2.45) is 5.29 Å². The molecule has 2 aromatic rings. The summed E-state index contributed by atoms with van der Waals surface area (Å²) in [5.41, 5.74) is 1.37. The Morgan fingerprint density at radius 3 is 3.00 bits per heavy atom. The van der Waals surface area contributed by atoms with Crippen molar-refractivity contribution in [3.63, 3.8) is 0 Å². The van der Waals surface area contributed by atoms with E-state index in [2.05, 4.69) is 10.3 Å². The van der Waals surface area contributed by atoms with Crippen molar-refractivity contribution in [3.8, 4) is 5.75 Å². The molecule has 1 heterocycles. The van der Waals surface area contributed by atoms with Crippen molar-refractivity contribution >= 4 is 23.3 Å². The molecule has 0 atom stereocenters. The third-order valence-electron chi connectivity index (χ3n) is 1.95. The standard InChI is InChI=1S/C8H7N3O2S/c1-13-5-2-3-7-6(4-5)9-8(14)11(7)10-12/h2-4H,1H3,(H,9,14). The van der Waals surface area contributed by atoms with Crippen molar-refractivity contribution in [2.75, 3.05) is 7.11 Å². The smallest absolute Gasteiger partial charge is 0.202 e. The summed E-state index contributed by atoms with van der Waals surface area (Å²) in [5.74, 6) is 0.701. The number of aromatic nitrogens is 2. The number of hydrogen-bond donors (Lipinski definition) is 1. The van der Waals surface area contributed by atoms with Gasteiger partial charge in [0, 0.05) is 6.07 Å². The molecule has 1 aromatic heterocycles. The number of nitroso groups, excluding NO2 is 1. The van der Waals surface area contributed by atoms with Crippen molar-refractivity contribution in [2.45, 2.75) is 0 Å². The molecular formula is C8H7N3O2S. The summed E-state index contributed by atoms with van der Waals surface area (Å²) < 4.78 is 6.44. The number of H-pyrrole nitrogens is 1. The fourth-order valence-electron chi connectivity index (χ4n) is 1.29. The van der Waals surface area contributed by atoms with Gasteiger partial charge in [-0.3, -0.25) is 0 Å². The van der Waals surface area contributed by atoms with E-state index in [9.17, 15) is 4.91 Å². The number of rotatable bonds is 2. The number of fused-ring (bicyclic) bond motifs is 1. The lowest BCUT2D eigenvalue weighted by molar-refractivity contribution is 0.415. The molecule has 0 saturated carbocycles. The molecule has 6 heteroatoms. The third-order valence-corrected chi connectivity index (χ3v) is 2.22. The highest BCUT2D eigenvalue weighted by Gasteiger charge is 2.04. The first-order chi connectivity index (χ1) is 6.76. The maximum Gasteiger partial charge on any atom is 0.202 e. The molecule has 0 aliphatic rings. The first kappa shape index (κ1) is 8.89. The molecule has 0 aliphatic carbocycles. The summed E-state index contributed by atoms with van der Waals surface area (Å²) in [6.45, 7) is 0. The van der Waals surface area contributed by atoms with Crippen molar-refractivity contribution in [3.05, 3.63) is 27.9 Å². The molecule has 2 rings (SSSR count). The predicted molar refractivity (Wildman–Crippen MR) is 54.9 cm³/mol. The Kier molecular flexibility index (Phi) is 2.05. The van der Waals surface area contributed by atoms with Gasteiger partial charge in [-0.15, -0.1) is 4.91 Å². The molecule has 0 amide bonds. The van der Waals surface area contributed by atoms with Gasteiger partial charge < -0.3 is 9.72 Å². The molecule has 0 fully saturated rings. The van der Waals surface area contributed by atoms with Crippen LogP contribution in [0, 0.1) is 9.68 Å². The van der Waals surface area contributed by atoms with Crippen LogP contribution >= 0.6 is 12.2 Å². The molecule has 5 nitrogen and oxygen atoms in total. The topological polar surface area (TPSA) is 59.4 Å². The van der Waals surface area contributed by atoms with E-state index < -0.39 is 0 Å². The maximum absolute atomic E-state index is 10.5. The van der Waals surface area contributed by atoms with Gasteiger partial charge in [0.15, 0.2) is 0 Å². The van der Waals surface area contributed by atoms with Crippen LogP contribution < -0.4 is 4.74 Å². The van der Waals surface area contributed by atoms with E-state index in [1.165, 1.54) is 0 Å². The van der Waals surface area contributed by atoms with Crippen LogP contribution in [0.5, 0.6) is 5.75 Å². The second-order valence-electron chi connectivity index (χ2n) is 2.71. The van der Waals surface area contributed by atoms with Crippen LogP contribution in [-0.4, -0.2) is 16.8 Å². The van der Waals surface area contributed by atoms with Gasteiger partial charge in [-0.05, 0) is 24.4 Å². The Bertz CT molecular complexity index is 543. The molecule has 0 bridgehead atoms. The zero-order valence-corrected chi connectivity index (χ0v) is 8.17. The van der Waals surface area contributed by atoms with Gasteiger partial charge in [0.25, 0.3) is 0 Å². The van der Waals surface area contributed by atoms with Crippen molar-refractivity contribution in [1.29, 1.82) is 0 Å². The summed E-state index contributed by atoms with van der Waals surface area (Å²) in [6.07, 6.45) is 0. The molecule has 1 aromatic carbocycles. The largest absolute Gasteiger partial charge is 0.497 e. The fourth-order valence-corrected chi connectivity index (χ4v) is 1.53. The number of benzene rings is 1. The Morgan fingerprint density at radius 1 is 1.57 bits per heavy atom. The third kappa shape index (κ3) is 1.20. The van der Waals surface area contributed by atoms with Gasteiger partial charge in [-0.25, -0.2) is 0 Å². The van der Waals surface area contributed by atoms with Gasteiger partial charge in [0.1, 0.15) is 5.75 Å². The lowest BCUT2D eigenvalue weighted by Gasteiger charge is -1.97. The Morgan fingerprint density at radius 2 is 2.36 bits per heavy atom. The molecule has 14 heavy (non-hydrogen) atoms. The Labute approximate surface area is 84.3 Å². The number of hydrogen-bond acceptors (Lipinski definition) is 4. The van der Waals surface area contributed by atoms with Gasteiger partial charge in [0.05, 0.1) is 23.4 Å². The molecule has 0 unspecified atom stereocenters. The highest BCUT2D eigenvalue weighted by atomic mass is 32.1. The monoisotopic (exact) mass is 209 g/mol. The Hall–Kier alpha value is -1.69. The van der Waals surface area contributed by atoms with Crippen molar-refractivity contribution < 1.29 is 4.74 Å². The van der Waals surface area contributed by atoms with Crippen LogP contribution in [0.15, 0.2) is 23.5 Å². The summed E-state index contributed by atoms with van der Waals surface area (Å²) in [4.78, 5) is 13.3. The van der Waals surface area contributed by atoms with E-state index >= 15 is 0 Å². The highest BCUT2D eigenvalue weighted by molar-refractivity contribution is 7.71. The maximum atomic E-state index is 10.5. The summed E-state index contributed by atoms with van der Waals surface area (Å²) in [5, 5.41) is 2.80. The quantitative estimate of drug-likeness (QED) is 0.609. The van der Waals surface area contributed by atoms with Gasteiger partial charge in [0.2, 0.25) is 4.77 Å². The van der Waals surface area contributed by atoms with E-state index in [0.29, 0.717) is 11.3 Å². The minimum Gasteiger partial charge on any atom is -0.497 e. The van der Waals surface area contributed by atoms with E-state index in [-0.39, 0.29) is 4.77 Å². The first-order valence-electron chi connectivity index (χ1n) is 3.88. The highest BCUT2D eigenvalue weighted by Crippen LogP contribution is 2.20. The summed E-state index contributed by atoms with van der Waals surface area (Å²) in [6, 6.07) is 5.22. The van der Waals surface area contributed by atoms with Gasteiger partial charge in [-0.1, -0.05) is 0 Å². The van der Waals surface area contributed by atoms with Crippen molar-refractivity contribution in [1.82, 2.24) is 9.66 Å². The number of imidazole rings is 1. The number of nitrogens with zero attached hydrogens (tertiary/aromatic N) is 2. The number of methoxy groups -OCH3 is 1. The Balaban J connectivity index is 2.81. The molecule has 72 valence electrons. The lowest BCUT2D eigenvalue weighted by Crippen LogP contribution is -1.85. The summed E-state index contributed by atoms with van der Waals surface area (Å²) >= 11 is 4.90. The van der Waals surface area contributed by atoms with Crippen LogP contribution in [0.1, 0.15) is 0 Å². The van der Waals surface area contributed by atoms with Crippen LogP contribution in [-0.2, 0) is 0 Å². The first-order valence-corrected chi connectivity index (χ1v) is 4.29. The van der Waals surface area contributed by atoms with Crippen LogP contribution in [0.3, 0.4) is 0 Å². The van der Waals surface area contributed by atoms with Crippen LogP contribution in [0.25, 0.3) is 11.0 Å². The van der Waals surface area contributed by atoms with Crippen LogP contribution in [0.4, 0.5) is 0 Å². The zero-order valence-electron chi connectivity index (χ0n) is 7.35. The second-order valence-corrected chi connectivity index (χ2v) is 3.09. The molecule has 1 N–H and O–H groups in total. The number of nitrogens with one attached hydrogen (secondary N) is 1. The zero-order chi connectivity index (χ0) is 10.1. The predicted octanol–water partition coefficient (Wildman–Crippen LogP) is 2.24. The number of aromatic amines is 1. The fraction of sp³-hybridized carbons (Fsp3) is 0.125. The lowest BCUT2D eigenvalue weighted by atomic mass is 10.3. The second kappa shape index (κ2) is 3.22. The molecule has 0 spiro atoms. The molecule has 0 radical (unpaired) electrons. The summed E-state index contributed by atoms with van der Waals surface area (Å²) in [7, 11) is 1.57. The van der Waals surface area contributed by atoms with Gasteiger partial charge in [-0.2, -0.15) is 4.68 Å².